The van der Waals surface area contributed by atoms with Gasteiger partial charge in [0, 0.05) is 30.4 Å². The van der Waals surface area contributed by atoms with Gasteiger partial charge in [-0.3, -0.25) is 14.4 Å². The number of nitrogens with one attached hydrogen (secondary N) is 1. The minimum absolute atomic E-state index is 0.0250. The average Bonchev–Trinajstić information content (AvgIpc) is 3.27. The Labute approximate surface area is 209 Å². The Bertz CT molecular complexity index is 1270. The molecule has 4 rings (SSSR count). The molecule has 3 aromatic carbocycles. The van der Waals surface area contributed by atoms with Crippen molar-refractivity contribution in [1.29, 1.82) is 0 Å². The van der Waals surface area contributed by atoms with E-state index in [1.165, 1.54) is 12.7 Å². The van der Waals surface area contributed by atoms with Gasteiger partial charge in [0.05, 0.1) is 13.0 Å². The maximum absolute atomic E-state index is 12.6. The van der Waals surface area contributed by atoms with Crippen molar-refractivity contribution in [3.8, 4) is 17.2 Å². The summed E-state index contributed by atoms with van der Waals surface area (Å²) in [6.07, 6.45) is 0.0250. The number of carbonyl (C=O) groups is 3. The normalized spacial score (nSPS) is 14.9. The predicted octanol–water partition coefficient (Wildman–Crippen LogP) is 4.64. The van der Waals surface area contributed by atoms with E-state index >= 15 is 0 Å². The summed E-state index contributed by atoms with van der Waals surface area (Å²) in [6, 6.07) is 19.9. The molecule has 8 heteroatoms. The third-order valence-electron chi connectivity index (χ3n) is 6.02. The second-order valence-corrected chi connectivity index (χ2v) is 8.64. The average molecular weight is 489 g/mol. The Morgan fingerprint density at radius 2 is 1.69 bits per heavy atom. The third-order valence-corrected chi connectivity index (χ3v) is 6.02. The highest BCUT2D eigenvalue weighted by Gasteiger charge is 2.36. The summed E-state index contributed by atoms with van der Waals surface area (Å²) in [4.78, 5) is 38.8. The quantitative estimate of drug-likeness (QED) is 0.465. The van der Waals surface area contributed by atoms with Crippen LogP contribution in [0, 0.1) is 19.8 Å². The molecule has 1 atom stereocenters. The lowest BCUT2D eigenvalue weighted by molar-refractivity contribution is -0.151. The van der Waals surface area contributed by atoms with Crippen LogP contribution in [0.3, 0.4) is 0 Å². The van der Waals surface area contributed by atoms with Gasteiger partial charge in [-0.1, -0.05) is 12.1 Å². The van der Waals surface area contributed by atoms with Gasteiger partial charge in [-0.2, -0.15) is 0 Å². The van der Waals surface area contributed by atoms with E-state index in [4.69, 9.17) is 14.2 Å². The number of carbonyl (C=O) groups excluding carboxylic acids is 3. The van der Waals surface area contributed by atoms with E-state index in [0.717, 1.165) is 11.3 Å². The van der Waals surface area contributed by atoms with Crippen LogP contribution in [0.15, 0.2) is 66.7 Å². The highest BCUT2D eigenvalue weighted by molar-refractivity contribution is 6.00. The number of hydrogen-bond donors (Lipinski definition) is 1. The first-order valence-corrected chi connectivity index (χ1v) is 11.6. The maximum atomic E-state index is 12.6. The monoisotopic (exact) mass is 488 g/mol. The number of aryl methyl sites for hydroxylation is 2. The van der Waals surface area contributed by atoms with E-state index in [-0.39, 0.29) is 18.9 Å². The smallest absolute Gasteiger partial charge is 0.311 e. The van der Waals surface area contributed by atoms with Gasteiger partial charge >= 0.3 is 5.97 Å². The summed E-state index contributed by atoms with van der Waals surface area (Å²) in [5, 5.41) is 2.65. The summed E-state index contributed by atoms with van der Waals surface area (Å²) in [7, 11) is 1.53. The van der Waals surface area contributed by atoms with E-state index < -0.39 is 24.4 Å². The lowest BCUT2D eigenvalue weighted by Crippen LogP contribution is -2.28. The summed E-state index contributed by atoms with van der Waals surface area (Å²) >= 11 is 0. The Hall–Kier alpha value is -4.33. The molecule has 186 valence electrons. The minimum Gasteiger partial charge on any atom is -0.497 e. The molecule has 0 saturated carbocycles. The highest BCUT2D eigenvalue weighted by atomic mass is 16.5. The van der Waals surface area contributed by atoms with Gasteiger partial charge in [0.1, 0.15) is 17.2 Å². The van der Waals surface area contributed by atoms with Crippen LogP contribution < -0.4 is 19.7 Å². The van der Waals surface area contributed by atoms with Crippen molar-refractivity contribution in [2.75, 3.05) is 30.5 Å². The van der Waals surface area contributed by atoms with Crippen LogP contribution in [0.2, 0.25) is 0 Å². The Morgan fingerprint density at radius 3 is 2.42 bits per heavy atom. The standard InChI is InChI=1S/C28H28N2O6/c1-18-7-10-25(13-19(18)2)36-23-11-8-22(9-12-23)30-16-20(14-27(30)32)28(33)35-17-26(31)29-21-5-4-6-24(15-21)34-3/h4-13,15,20H,14,16-17H2,1-3H3,(H,29,31)/t20-/m1/s1. The molecule has 3 aromatic rings. The van der Waals surface area contributed by atoms with Crippen LogP contribution in [-0.2, 0) is 19.1 Å². The van der Waals surface area contributed by atoms with Gasteiger partial charge in [-0.15, -0.1) is 0 Å². The molecule has 0 spiro atoms. The molecule has 1 N–H and O–H groups in total. The van der Waals surface area contributed by atoms with Gasteiger partial charge < -0.3 is 24.4 Å². The number of anilines is 2. The Balaban J connectivity index is 1.29. The van der Waals surface area contributed by atoms with Crippen LogP contribution >= 0.6 is 0 Å². The lowest BCUT2D eigenvalue weighted by Gasteiger charge is -2.17. The topological polar surface area (TPSA) is 94.2 Å². The number of hydrogen-bond acceptors (Lipinski definition) is 6. The fourth-order valence-corrected chi connectivity index (χ4v) is 3.88. The molecule has 1 fully saturated rings. The van der Waals surface area contributed by atoms with Gasteiger partial charge in [0.2, 0.25) is 5.91 Å². The number of benzene rings is 3. The van der Waals surface area contributed by atoms with Crippen LogP contribution in [-0.4, -0.2) is 38.0 Å². The first-order valence-electron chi connectivity index (χ1n) is 11.6. The van der Waals surface area contributed by atoms with E-state index in [1.807, 2.05) is 32.0 Å². The van der Waals surface area contributed by atoms with Gasteiger partial charge in [0.25, 0.3) is 5.91 Å². The van der Waals surface area contributed by atoms with Crippen molar-refractivity contribution in [1.82, 2.24) is 0 Å². The maximum Gasteiger partial charge on any atom is 0.311 e. The fourth-order valence-electron chi connectivity index (χ4n) is 3.88. The van der Waals surface area contributed by atoms with Crippen molar-refractivity contribution in [2.45, 2.75) is 20.3 Å². The molecule has 0 aliphatic carbocycles. The van der Waals surface area contributed by atoms with Crippen molar-refractivity contribution in [3.63, 3.8) is 0 Å². The number of esters is 1. The molecule has 0 radical (unpaired) electrons. The second kappa shape index (κ2) is 10.9. The van der Waals surface area contributed by atoms with Gasteiger partial charge in [-0.25, -0.2) is 0 Å². The van der Waals surface area contributed by atoms with E-state index in [9.17, 15) is 14.4 Å². The van der Waals surface area contributed by atoms with Crippen LogP contribution in [0.1, 0.15) is 17.5 Å². The zero-order valence-corrected chi connectivity index (χ0v) is 20.4. The van der Waals surface area contributed by atoms with Gasteiger partial charge in [-0.05, 0) is 73.5 Å². The number of ether oxygens (including phenoxy) is 3. The lowest BCUT2D eigenvalue weighted by atomic mass is 10.1. The minimum atomic E-state index is -0.645. The predicted molar refractivity (Wildman–Crippen MR) is 135 cm³/mol. The molecule has 1 aliphatic heterocycles. The number of nitrogens with zero attached hydrogens (tertiary/aromatic N) is 1. The first kappa shape index (κ1) is 24.8. The largest absolute Gasteiger partial charge is 0.497 e. The van der Waals surface area contributed by atoms with Crippen molar-refractivity contribution in [2.24, 2.45) is 5.92 Å². The summed E-state index contributed by atoms with van der Waals surface area (Å²) in [6.45, 7) is 3.82. The molecule has 2 amide bonds. The molecule has 0 bridgehead atoms. The van der Waals surface area contributed by atoms with Crippen molar-refractivity contribution in [3.05, 3.63) is 77.9 Å². The van der Waals surface area contributed by atoms with Crippen molar-refractivity contribution >= 4 is 29.2 Å². The Morgan fingerprint density at radius 1 is 0.944 bits per heavy atom. The van der Waals surface area contributed by atoms with Crippen molar-refractivity contribution < 1.29 is 28.6 Å². The van der Waals surface area contributed by atoms with Crippen LogP contribution in [0.4, 0.5) is 11.4 Å². The van der Waals surface area contributed by atoms with Crippen LogP contribution in [0.5, 0.6) is 17.2 Å². The van der Waals surface area contributed by atoms with Crippen LogP contribution in [0.25, 0.3) is 0 Å². The Kier molecular flexibility index (Phi) is 7.53. The molecule has 0 unspecified atom stereocenters. The molecule has 1 aliphatic rings. The third kappa shape index (κ3) is 6.02. The second-order valence-electron chi connectivity index (χ2n) is 8.64. The van der Waals surface area contributed by atoms with E-state index in [1.54, 1.807) is 53.4 Å². The molecule has 1 saturated heterocycles. The zero-order valence-electron chi connectivity index (χ0n) is 20.4. The molecular weight excluding hydrogens is 460 g/mol. The molecule has 36 heavy (non-hydrogen) atoms. The number of amides is 2. The summed E-state index contributed by atoms with van der Waals surface area (Å²) in [5.74, 6) is 0.0971. The molecule has 1 heterocycles. The SMILES string of the molecule is COc1cccc(NC(=O)COC(=O)[C@@H]2CC(=O)N(c3ccc(Oc4ccc(C)c(C)c4)cc3)C2)c1. The summed E-state index contributed by atoms with van der Waals surface area (Å²) in [5.41, 5.74) is 3.53. The highest BCUT2D eigenvalue weighted by Crippen LogP contribution is 2.29. The molecule has 0 aromatic heterocycles. The molecular formula is C28H28N2O6. The summed E-state index contributed by atoms with van der Waals surface area (Å²) < 4.78 is 16.2. The van der Waals surface area contributed by atoms with Gasteiger partial charge in [0.15, 0.2) is 6.61 Å². The van der Waals surface area contributed by atoms with E-state index in [2.05, 4.69) is 5.32 Å². The number of methoxy groups -OCH3 is 1. The number of rotatable bonds is 8. The molecule has 8 nitrogen and oxygen atoms in total. The zero-order chi connectivity index (χ0) is 25.7. The first-order chi connectivity index (χ1) is 17.3. The fraction of sp³-hybridized carbons (Fsp3) is 0.250. The van der Waals surface area contributed by atoms with E-state index in [0.29, 0.717) is 22.9 Å².